The highest BCUT2D eigenvalue weighted by Crippen LogP contribution is 2.21. The quantitative estimate of drug-likeness (QED) is 0.594. The van der Waals surface area contributed by atoms with Crippen molar-refractivity contribution in [2.75, 3.05) is 0 Å². The summed E-state index contributed by atoms with van der Waals surface area (Å²) in [5.41, 5.74) is 3.77. The monoisotopic (exact) mass is 352 g/mol. The predicted molar refractivity (Wildman–Crippen MR) is 91.3 cm³/mol. The normalized spacial score (nSPS) is 11.2. The maximum absolute atomic E-state index is 12.6. The zero-order valence-electron chi connectivity index (χ0n) is 13.5. The first-order chi connectivity index (χ1) is 12.7. The van der Waals surface area contributed by atoms with Gasteiger partial charge < -0.3 is 4.98 Å². The van der Waals surface area contributed by atoms with Gasteiger partial charge in [0.1, 0.15) is 5.69 Å². The summed E-state index contributed by atoms with van der Waals surface area (Å²) in [4.78, 5) is 10.6. The average Bonchev–Trinajstić information content (AvgIpc) is 3.33. The molecule has 0 atom stereocenters. The van der Waals surface area contributed by atoms with E-state index in [2.05, 4.69) is 25.3 Å². The zero-order valence-corrected chi connectivity index (χ0v) is 13.5. The standard InChI is InChI=1S/C18H14F2N6/c19-17(20)18-22-9-15(23-18)13-6-7-14(21-8-13)10-26-11-16(24-25-26)12-4-2-1-3-5-12/h1-9,11,17H,10H2,(H,22,23). The lowest BCUT2D eigenvalue weighted by molar-refractivity contribution is 0.141. The zero-order chi connectivity index (χ0) is 17.9. The number of hydrogen-bond acceptors (Lipinski definition) is 4. The molecule has 26 heavy (non-hydrogen) atoms. The molecular weight excluding hydrogens is 338 g/mol. The Morgan fingerprint density at radius 2 is 1.81 bits per heavy atom. The van der Waals surface area contributed by atoms with Crippen LogP contribution in [0, 0.1) is 0 Å². The van der Waals surface area contributed by atoms with E-state index in [1.54, 1.807) is 16.9 Å². The molecule has 0 spiro atoms. The van der Waals surface area contributed by atoms with Crippen molar-refractivity contribution in [3.63, 3.8) is 0 Å². The summed E-state index contributed by atoms with van der Waals surface area (Å²) in [5.74, 6) is -0.347. The number of aromatic amines is 1. The predicted octanol–water partition coefficient (Wildman–Crippen LogP) is 3.72. The summed E-state index contributed by atoms with van der Waals surface area (Å²) in [6, 6.07) is 13.4. The first-order valence-electron chi connectivity index (χ1n) is 7.93. The van der Waals surface area contributed by atoms with Gasteiger partial charge in [-0.15, -0.1) is 5.10 Å². The van der Waals surface area contributed by atoms with Crippen molar-refractivity contribution in [2.45, 2.75) is 13.0 Å². The molecule has 4 rings (SSSR count). The number of alkyl halides is 2. The van der Waals surface area contributed by atoms with Crippen LogP contribution in [-0.4, -0.2) is 29.9 Å². The molecule has 0 aliphatic carbocycles. The first-order valence-corrected chi connectivity index (χ1v) is 7.93. The number of rotatable bonds is 5. The third-order valence-corrected chi connectivity index (χ3v) is 3.87. The summed E-state index contributed by atoms with van der Waals surface area (Å²) in [5, 5.41) is 8.29. The fourth-order valence-corrected chi connectivity index (χ4v) is 2.55. The van der Waals surface area contributed by atoms with Crippen molar-refractivity contribution in [2.24, 2.45) is 0 Å². The number of hydrogen-bond donors (Lipinski definition) is 1. The van der Waals surface area contributed by atoms with Crippen molar-refractivity contribution in [1.29, 1.82) is 0 Å². The van der Waals surface area contributed by atoms with Crippen LogP contribution >= 0.6 is 0 Å². The van der Waals surface area contributed by atoms with E-state index in [0.717, 1.165) is 17.0 Å². The Labute approximate surface area is 147 Å². The Hall–Kier alpha value is -3.42. The Balaban J connectivity index is 1.48. The van der Waals surface area contributed by atoms with Gasteiger partial charge in [0.25, 0.3) is 6.43 Å². The number of halogens is 2. The first kappa shape index (κ1) is 16.1. The van der Waals surface area contributed by atoms with Crippen LogP contribution in [0.15, 0.2) is 61.1 Å². The number of imidazole rings is 1. The van der Waals surface area contributed by atoms with Crippen LogP contribution in [0.25, 0.3) is 22.5 Å². The summed E-state index contributed by atoms with van der Waals surface area (Å²) in [6.45, 7) is 0.464. The lowest BCUT2D eigenvalue weighted by atomic mass is 10.2. The second kappa shape index (κ2) is 6.83. The molecule has 1 aromatic carbocycles. The van der Waals surface area contributed by atoms with Crippen LogP contribution in [0.2, 0.25) is 0 Å². The van der Waals surface area contributed by atoms with Gasteiger partial charge in [-0.25, -0.2) is 18.4 Å². The van der Waals surface area contributed by atoms with Crippen LogP contribution in [0.3, 0.4) is 0 Å². The van der Waals surface area contributed by atoms with Crippen molar-refractivity contribution >= 4 is 0 Å². The van der Waals surface area contributed by atoms with Gasteiger partial charge in [0.05, 0.1) is 30.3 Å². The average molecular weight is 352 g/mol. The lowest BCUT2D eigenvalue weighted by Crippen LogP contribution is -2.02. The van der Waals surface area contributed by atoms with Gasteiger partial charge in [-0.1, -0.05) is 35.5 Å². The summed E-state index contributed by atoms with van der Waals surface area (Å²) in [6.07, 6.45) is 2.23. The molecule has 3 heterocycles. The van der Waals surface area contributed by atoms with Gasteiger partial charge >= 0.3 is 0 Å². The van der Waals surface area contributed by atoms with Crippen molar-refractivity contribution in [1.82, 2.24) is 29.9 Å². The second-order valence-electron chi connectivity index (χ2n) is 5.69. The van der Waals surface area contributed by atoms with Gasteiger partial charge in [0.2, 0.25) is 0 Å². The SMILES string of the molecule is FC(F)c1ncc(-c2ccc(Cn3cc(-c4ccccc4)nn3)nc2)[nH]1. The van der Waals surface area contributed by atoms with Gasteiger partial charge in [-0.2, -0.15) is 0 Å². The molecule has 6 nitrogen and oxygen atoms in total. The fourth-order valence-electron chi connectivity index (χ4n) is 2.55. The van der Waals surface area contributed by atoms with Gasteiger partial charge in [0.15, 0.2) is 5.82 Å². The van der Waals surface area contributed by atoms with Crippen molar-refractivity contribution in [3.05, 3.63) is 72.6 Å². The van der Waals surface area contributed by atoms with E-state index in [9.17, 15) is 8.78 Å². The molecule has 0 aliphatic rings. The summed E-state index contributed by atoms with van der Waals surface area (Å²) >= 11 is 0. The molecule has 4 aromatic rings. The number of nitrogens with zero attached hydrogens (tertiary/aromatic N) is 5. The van der Waals surface area contributed by atoms with E-state index in [4.69, 9.17) is 0 Å². The molecule has 8 heteroatoms. The number of pyridine rings is 1. The molecule has 0 saturated carbocycles. The summed E-state index contributed by atoms with van der Waals surface area (Å²) in [7, 11) is 0. The number of H-pyrrole nitrogens is 1. The van der Waals surface area contributed by atoms with Crippen molar-refractivity contribution in [3.8, 4) is 22.5 Å². The molecule has 3 aromatic heterocycles. The highest BCUT2D eigenvalue weighted by atomic mass is 19.3. The third-order valence-electron chi connectivity index (χ3n) is 3.87. The Kier molecular flexibility index (Phi) is 4.22. The van der Waals surface area contributed by atoms with E-state index in [1.807, 2.05) is 42.6 Å². The highest BCUT2D eigenvalue weighted by Gasteiger charge is 2.12. The van der Waals surface area contributed by atoms with E-state index in [-0.39, 0.29) is 5.82 Å². The van der Waals surface area contributed by atoms with E-state index in [0.29, 0.717) is 17.8 Å². The van der Waals surface area contributed by atoms with E-state index < -0.39 is 6.43 Å². The molecule has 0 aliphatic heterocycles. The maximum Gasteiger partial charge on any atom is 0.295 e. The van der Waals surface area contributed by atoms with Crippen LogP contribution < -0.4 is 0 Å². The maximum atomic E-state index is 12.6. The molecule has 0 saturated heterocycles. The molecule has 0 bridgehead atoms. The van der Waals surface area contributed by atoms with Gasteiger partial charge in [-0.05, 0) is 12.1 Å². The minimum absolute atomic E-state index is 0.347. The third kappa shape index (κ3) is 3.34. The van der Waals surface area contributed by atoms with Crippen LogP contribution in [-0.2, 0) is 6.54 Å². The van der Waals surface area contributed by atoms with Gasteiger partial charge in [0, 0.05) is 17.3 Å². The highest BCUT2D eigenvalue weighted by molar-refractivity contribution is 5.58. The van der Waals surface area contributed by atoms with Crippen molar-refractivity contribution < 1.29 is 8.78 Å². The second-order valence-corrected chi connectivity index (χ2v) is 5.69. The number of nitrogens with one attached hydrogen (secondary N) is 1. The van der Waals surface area contributed by atoms with Gasteiger partial charge in [-0.3, -0.25) is 4.98 Å². The Bertz CT molecular complexity index is 992. The van der Waals surface area contributed by atoms with E-state index in [1.165, 1.54) is 6.20 Å². The molecule has 130 valence electrons. The largest absolute Gasteiger partial charge is 0.337 e. The molecule has 0 amide bonds. The molecule has 0 unspecified atom stereocenters. The Morgan fingerprint density at radius 1 is 0.962 bits per heavy atom. The molecule has 0 radical (unpaired) electrons. The molecule has 0 fully saturated rings. The van der Waals surface area contributed by atoms with Crippen LogP contribution in [0.4, 0.5) is 8.78 Å². The lowest BCUT2D eigenvalue weighted by Gasteiger charge is -2.02. The minimum Gasteiger partial charge on any atom is -0.337 e. The Morgan fingerprint density at radius 3 is 2.50 bits per heavy atom. The van der Waals surface area contributed by atoms with Crippen LogP contribution in [0.1, 0.15) is 17.9 Å². The molecule has 1 N–H and O–H groups in total. The van der Waals surface area contributed by atoms with E-state index >= 15 is 0 Å². The van der Waals surface area contributed by atoms with Crippen LogP contribution in [0.5, 0.6) is 0 Å². The number of benzene rings is 1. The smallest absolute Gasteiger partial charge is 0.295 e. The minimum atomic E-state index is -2.62. The molecular formula is C18H14F2N6. The topological polar surface area (TPSA) is 72.3 Å². The summed E-state index contributed by atoms with van der Waals surface area (Å²) < 4.78 is 26.9. The fraction of sp³-hybridized carbons (Fsp3) is 0.111. The number of aromatic nitrogens is 6.